The lowest BCUT2D eigenvalue weighted by Gasteiger charge is -2.12. The van der Waals surface area contributed by atoms with E-state index in [4.69, 9.17) is 23.2 Å². The van der Waals surface area contributed by atoms with E-state index in [1.165, 1.54) is 6.07 Å². The number of hydrogen-bond donors (Lipinski definition) is 1. The van der Waals surface area contributed by atoms with Crippen LogP contribution in [-0.2, 0) is 6.18 Å². The highest BCUT2D eigenvalue weighted by Gasteiger charge is 2.34. The number of benzene rings is 2. The van der Waals surface area contributed by atoms with Crippen molar-refractivity contribution < 1.29 is 22.7 Å². The first-order valence-electron chi connectivity index (χ1n) is 5.25. The van der Waals surface area contributed by atoms with Crippen LogP contribution in [0.2, 0.25) is 10.0 Å². The first kappa shape index (κ1) is 14.9. The summed E-state index contributed by atoms with van der Waals surface area (Å²) in [6.45, 7) is 0. The minimum Gasteiger partial charge on any atom is -0.506 e. The largest absolute Gasteiger partial charge is 0.506 e. The minimum atomic E-state index is -4.81. The van der Waals surface area contributed by atoms with Crippen molar-refractivity contribution in [1.29, 1.82) is 0 Å². The second-order valence-electron chi connectivity index (χ2n) is 3.98. The van der Waals surface area contributed by atoms with Crippen molar-refractivity contribution in [3.8, 4) is 16.9 Å². The number of halogens is 6. The van der Waals surface area contributed by atoms with Crippen LogP contribution in [0.25, 0.3) is 11.1 Å². The van der Waals surface area contributed by atoms with Gasteiger partial charge in [0.1, 0.15) is 11.6 Å². The SMILES string of the molecule is Oc1cc(Cl)c(-c2ccc(F)c(C(F)(F)F)c2)cc1Cl. The average Bonchev–Trinajstić information content (AvgIpc) is 2.33. The summed E-state index contributed by atoms with van der Waals surface area (Å²) in [4.78, 5) is 0. The van der Waals surface area contributed by atoms with Crippen LogP contribution in [0.4, 0.5) is 17.6 Å². The highest BCUT2D eigenvalue weighted by Crippen LogP contribution is 2.39. The summed E-state index contributed by atoms with van der Waals surface area (Å²) in [5, 5.41) is 9.28. The lowest BCUT2D eigenvalue weighted by molar-refractivity contribution is -0.139. The zero-order valence-electron chi connectivity index (χ0n) is 9.60. The maximum atomic E-state index is 13.2. The standard InChI is InChI=1S/C13H6Cl2F4O/c14-9-5-12(20)10(15)4-7(9)6-1-2-11(16)8(3-6)13(17,18)19/h1-5,20H. The monoisotopic (exact) mass is 324 g/mol. The Labute approximate surface area is 121 Å². The normalized spacial score (nSPS) is 11.7. The van der Waals surface area contributed by atoms with E-state index < -0.39 is 17.6 Å². The maximum absolute atomic E-state index is 13.2. The van der Waals surface area contributed by atoms with E-state index in [2.05, 4.69) is 0 Å². The van der Waals surface area contributed by atoms with Gasteiger partial charge in [0.05, 0.1) is 15.6 Å². The van der Waals surface area contributed by atoms with Gasteiger partial charge in [-0.25, -0.2) is 4.39 Å². The quantitative estimate of drug-likeness (QED) is 0.684. The van der Waals surface area contributed by atoms with E-state index in [1.54, 1.807) is 0 Å². The molecule has 0 unspecified atom stereocenters. The minimum absolute atomic E-state index is 0.00614. The van der Waals surface area contributed by atoms with Crippen LogP contribution in [0.3, 0.4) is 0 Å². The van der Waals surface area contributed by atoms with E-state index in [0.717, 1.165) is 12.1 Å². The molecule has 20 heavy (non-hydrogen) atoms. The van der Waals surface area contributed by atoms with Crippen molar-refractivity contribution in [2.45, 2.75) is 6.18 Å². The maximum Gasteiger partial charge on any atom is 0.419 e. The second kappa shape index (κ2) is 5.14. The number of rotatable bonds is 1. The molecule has 1 nitrogen and oxygen atoms in total. The van der Waals surface area contributed by atoms with Gasteiger partial charge < -0.3 is 5.11 Å². The topological polar surface area (TPSA) is 20.2 Å². The Morgan fingerprint density at radius 1 is 0.950 bits per heavy atom. The predicted octanol–water partition coefficient (Wildman–Crippen LogP) is 5.52. The van der Waals surface area contributed by atoms with Crippen molar-refractivity contribution in [3.05, 3.63) is 51.8 Å². The number of hydrogen-bond acceptors (Lipinski definition) is 1. The molecule has 0 saturated heterocycles. The second-order valence-corrected chi connectivity index (χ2v) is 4.79. The fourth-order valence-electron chi connectivity index (χ4n) is 1.67. The summed E-state index contributed by atoms with van der Waals surface area (Å²) in [5.41, 5.74) is -1.18. The molecule has 2 aromatic carbocycles. The number of phenolic OH excluding ortho intramolecular Hbond substituents is 1. The molecule has 0 radical (unpaired) electrons. The molecule has 0 spiro atoms. The summed E-state index contributed by atoms with van der Waals surface area (Å²) in [6.07, 6.45) is -4.81. The van der Waals surface area contributed by atoms with Gasteiger partial charge in [0.2, 0.25) is 0 Å². The molecule has 0 aromatic heterocycles. The zero-order valence-corrected chi connectivity index (χ0v) is 11.1. The van der Waals surface area contributed by atoms with E-state index in [9.17, 15) is 22.7 Å². The average molecular weight is 325 g/mol. The Bertz CT molecular complexity index is 668. The molecule has 0 aliphatic heterocycles. The van der Waals surface area contributed by atoms with Gasteiger partial charge in [-0.2, -0.15) is 13.2 Å². The fourth-order valence-corrected chi connectivity index (χ4v) is 2.10. The van der Waals surface area contributed by atoms with Crippen molar-refractivity contribution in [3.63, 3.8) is 0 Å². The number of aromatic hydroxyl groups is 1. The van der Waals surface area contributed by atoms with Crippen molar-refractivity contribution >= 4 is 23.2 Å². The first-order chi connectivity index (χ1) is 9.20. The third-order valence-electron chi connectivity index (χ3n) is 2.62. The predicted molar refractivity (Wildman–Crippen MR) is 68.5 cm³/mol. The Morgan fingerprint density at radius 2 is 1.60 bits per heavy atom. The van der Waals surface area contributed by atoms with Gasteiger partial charge in [-0.15, -0.1) is 0 Å². The highest BCUT2D eigenvalue weighted by atomic mass is 35.5. The Balaban J connectivity index is 2.63. The van der Waals surface area contributed by atoms with E-state index in [0.29, 0.717) is 12.1 Å². The number of phenols is 1. The summed E-state index contributed by atoms with van der Waals surface area (Å²) < 4.78 is 51.2. The van der Waals surface area contributed by atoms with Gasteiger partial charge >= 0.3 is 6.18 Å². The molecule has 0 heterocycles. The lowest BCUT2D eigenvalue weighted by Crippen LogP contribution is -2.08. The van der Waals surface area contributed by atoms with Crippen LogP contribution < -0.4 is 0 Å². The molecule has 2 aromatic rings. The molecule has 106 valence electrons. The fraction of sp³-hybridized carbons (Fsp3) is 0.0769. The molecule has 0 atom stereocenters. The van der Waals surface area contributed by atoms with Gasteiger partial charge in [0.25, 0.3) is 0 Å². The summed E-state index contributed by atoms with van der Waals surface area (Å²) >= 11 is 11.5. The van der Waals surface area contributed by atoms with Crippen LogP contribution in [0.1, 0.15) is 5.56 Å². The Hall–Kier alpha value is -1.46. The van der Waals surface area contributed by atoms with Gasteiger partial charge in [-0.05, 0) is 23.8 Å². The third kappa shape index (κ3) is 2.83. The molecular formula is C13H6Cl2F4O. The third-order valence-corrected chi connectivity index (χ3v) is 3.23. The van der Waals surface area contributed by atoms with Crippen LogP contribution in [-0.4, -0.2) is 5.11 Å². The molecule has 0 saturated carbocycles. The summed E-state index contributed by atoms with van der Waals surface area (Å²) in [7, 11) is 0. The van der Waals surface area contributed by atoms with E-state index >= 15 is 0 Å². The van der Waals surface area contributed by atoms with Gasteiger partial charge in [-0.1, -0.05) is 29.3 Å². The molecule has 1 N–H and O–H groups in total. The molecule has 0 aliphatic carbocycles. The van der Waals surface area contributed by atoms with Gasteiger partial charge in [-0.3, -0.25) is 0 Å². The van der Waals surface area contributed by atoms with Gasteiger partial charge in [0, 0.05) is 11.6 Å². The molecule has 0 amide bonds. The summed E-state index contributed by atoms with van der Waals surface area (Å²) in [5.74, 6) is -1.67. The van der Waals surface area contributed by atoms with Gasteiger partial charge in [0.15, 0.2) is 0 Å². The van der Waals surface area contributed by atoms with E-state index in [-0.39, 0.29) is 26.9 Å². The molecule has 7 heteroatoms. The van der Waals surface area contributed by atoms with Crippen molar-refractivity contribution in [1.82, 2.24) is 0 Å². The van der Waals surface area contributed by atoms with E-state index in [1.807, 2.05) is 0 Å². The Kier molecular flexibility index (Phi) is 3.84. The molecule has 0 fully saturated rings. The highest BCUT2D eigenvalue weighted by molar-refractivity contribution is 6.36. The zero-order chi connectivity index (χ0) is 15.1. The lowest BCUT2D eigenvalue weighted by atomic mass is 10.0. The molecule has 0 bridgehead atoms. The van der Waals surface area contributed by atoms with Crippen LogP contribution in [0, 0.1) is 5.82 Å². The molecular weight excluding hydrogens is 319 g/mol. The Morgan fingerprint density at radius 3 is 2.20 bits per heavy atom. The van der Waals surface area contributed by atoms with Crippen LogP contribution in [0.15, 0.2) is 30.3 Å². The van der Waals surface area contributed by atoms with Crippen LogP contribution >= 0.6 is 23.2 Å². The number of alkyl halides is 3. The van der Waals surface area contributed by atoms with Crippen LogP contribution in [0.5, 0.6) is 5.75 Å². The molecule has 2 rings (SSSR count). The first-order valence-corrected chi connectivity index (χ1v) is 6.01. The van der Waals surface area contributed by atoms with Crippen molar-refractivity contribution in [2.24, 2.45) is 0 Å². The van der Waals surface area contributed by atoms with Crippen molar-refractivity contribution in [2.75, 3.05) is 0 Å². The smallest absolute Gasteiger partial charge is 0.419 e. The molecule has 0 aliphatic rings. The summed E-state index contributed by atoms with van der Waals surface area (Å²) in [6, 6.07) is 4.82.